The van der Waals surface area contributed by atoms with Gasteiger partial charge in [0.1, 0.15) is 18.3 Å². The molecule has 0 aromatic heterocycles. The molecule has 1 rings (SSSR count). The van der Waals surface area contributed by atoms with Crippen molar-refractivity contribution in [2.75, 3.05) is 6.61 Å². The van der Waals surface area contributed by atoms with Gasteiger partial charge in [-0.25, -0.2) is 0 Å². The van der Waals surface area contributed by atoms with Gasteiger partial charge < -0.3 is 20.1 Å². The SMILES string of the molecule is CC(C)[C@H]1O[C@H](CO)C(O)[C@@H]1O. The lowest BCUT2D eigenvalue weighted by Gasteiger charge is -2.17. The number of ether oxygens (including phenoxy) is 1. The van der Waals surface area contributed by atoms with Gasteiger partial charge >= 0.3 is 0 Å². The lowest BCUT2D eigenvalue weighted by molar-refractivity contribution is -0.0369. The molecule has 3 N–H and O–H groups in total. The molecule has 0 bridgehead atoms. The third kappa shape index (κ3) is 1.61. The average molecular weight is 176 g/mol. The van der Waals surface area contributed by atoms with Crippen molar-refractivity contribution in [2.45, 2.75) is 38.3 Å². The first-order valence-corrected chi connectivity index (χ1v) is 4.20. The van der Waals surface area contributed by atoms with Gasteiger partial charge in [0.25, 0.3) is 0 Å². The van der Waals surface area contributed by atoms with E-state index in [1.807, 2.05) is 13.8 Å². The average Bonchev–Trinajstić information content (AvgIpc) is 2.30. The molecule has 0 spiro atoms. The second kappa shape index (κ2) is 3.70. The standard InChI is InChI=1S/C8H16O4/c1-4(2)8-7(11)6(10)5(3-9)12-8/h4-11H,3H2,1-2H3/t5-,6?,7+,8-/m1/s1. The molecule has 0 radical (unpaired) electrons. The Kier molecular flexibility index (Phi) is 3.06. The summed E-state index contributed by atoms with van der Waals surface area (Å²) < 4.78 is 5.25. The molecule has 1 unspecified atom stereocenters. The fourth-order valence-electron chi connectivity index (χ4n) is 1.48. The van der Waals surface area contributed by atoms with Crippen LogP contribution in [0, 0.1) is 5.92 Å². The quantitative estimate of drug-likeness (QED) is 0.511. The van der Waals surface area contributed by atoms with Crippen molar-refractivity contribution < 1.29 is 20.1 Å². The zero-order valence-corrected chi connectivity index (χ0v) is 7.34. The zero-order valence-electron chi connectivity index (χ0n) is 7.34. The van der Waals surface area contributed by atoms with E-state index in [0.717, 1.165) is 0 Å². The molecule has 0 aromatic carbocycles. The van der Waals surface area contributed by atoms with Gasteiger partial charge in [-0.1, -0.05) is 13.8 Å². The Labute approximate surface area is 71.8 Å². The highest BCUT2D eigenvalue weighted by Gasteiger charge is 2.43. The third-order valence-corrected chi connectivity index (χ3v) is 2.24. The van der Waals surface area contributed by atoms with E-state index in [1.54, 1.807) is 0 Å². The molecule has 1 aliphatic heterocycles. The molecule has 0 aromatic rings. The van der Waals surface area contributed by atoms with Crippen molar-refractivity contribution in [3.63, 3.8) is 0 Å². The summed E-state index contributed by atoms with van der Waals surface area (Å²) in [5.74, 6) is 0.145. The maximum absolute atomic E-state index is 9.44. The van der Waals surface area contributed by atoms with Crippen molar-refractivity contribution in [3.05, 3.63) is 0 Å². The Balaban J connectivity index is 2.60. The summed E-state index contributed by atoms with van der Waals surface area (Å²) in [6.45, 7) is 3.56. The summed E-state index contributed by atoms with van der Waals surface area (Å²) in [5.41, 5.74) is 0. The number of aliphatic hydroxyl groups excluding tert-OH is 3. The van der Waals surface area contributed by atoms with Crippen LogP contribution in [0.5, 0.6) is 0 Å². The predicted molar refractivity (Wildman–Crippen MR) is 42.6 cm³/mol. The number of aliphatic hydroxyl groups is 3. The van der Waals surface area contributed by atoms with Crippen LogP contribution >= 0.6 is 0 Å². The van der Waals surface area contributed by atoms with Crippen molar-refractivity contribution >= 4 is 0 Å². The Morgan fingerprint density at radius 3 is 2.08 bits per heavy atom. The largest absolute Gasteiger partial charge is 0.394 e. The molecule has 1 fully saturated rings. The Hall–Kier alpha value is -0.160. The minimum atomic E-state index is -0.956. The second-order valence-electron chi connectivity index (χ2n) is 3.55. The number of rotatable bonds is 2. The lowest BCUT2D eigenvalue weighted by atomic mass is 10.00. The predicted octanol–water partition coefficient (Wildman–Crippen LogP) is -0.876. The van der Waals surface area contributed by atoms with Crippen LogP contribution in [0.1, 0.15) is 13.8 Å². The highest BCUT2D eigenvalue weighted by molar-refractivity contribution is 4.91. The molecule has 4 atom stereocenters. The summed E-state index contributed by atoms with van der Waals surface area (Å²) in [4.78, 5) is 0. The van der Waals surface area contributed by atoms with E-state index >= 15 is 0 Å². The normalized spacial score (nSPS) is 42.5. The maximum Gasteiger partial charge on any atom is 0.111 e. The van der Waals surface area contributed by atoms with E-state index in [2.05, 4.69) is 0 Å². The molecular formula is C8H16O4. The van der Waals surface area contributed by atoms with Gasteiger partial charge in [-0.05, 0) is 5.92 Å². The van der Waals surface area contributed by atoms with E-state index in [1.165, 1.54) is 0 Å². The van der Waals surface area contributed by atoms with Gasteiger partial charge in [0.15, 0.2) is 0 Å². The summed E-state index contributed by atoms with van der Waals surface area (Å²) in [6.07, 6.45) is -2.82. The second-order valence-corrected chi connectivity index (χ2v) is 3.55. The minimum Gasteiger partial charge on any atom is -0.394 e. The summed E-state index contributed by atoms with van der Waals surface area (Å²) >= 11 is 0. The third-order valence-electron chi connectivity index (χ3n) is 2.24. The van der Waals surface area contributed by atoms with E-state index < -0.39 is 18.3 Å². The zero-order chi connectivity index (χ0) is 9.30. The number of hydrogen-bond donors (Lipinski definition) is 3. The van der Waals surface area contributed by atoms with Crippen LogP contribution in [0.15, 0.2) is 0 Å². The van der Waals surface area contributed by atoms with Gasteiger partial charge in [0.2, 0.25) is 0 Å². The highest BCUT2D eigenvalue weighted by atomic mass is 16.6. The van der Waals surface area contributed by atoms with E-state index in [-0.39, 0.29) is 18.6 Å². The van der Waals surface area contributed by atoms with Crippen LogP contribution < -0.4 is 0 Å². The Morgan fingerprint density at radius 1 is 1.25 bits per heavy atom. The molecule has 0 saturated carbocycles. The van der Waals surface area contributed by atoms with Crippen LogP contribution in [0.4, 0.5) is 0 Å². The summed E-state index contributed by atoms with van der Waals surface area (Å²) in [5, 5.41) is 27.5. The van der Waals surface area contributed by atoms with Crippen molar-refractivity contribution in [3.8, 4) is 0 Å². The molecule has 1 heterocycles. The molecule has 0 amide bonds. The maximum atomic E-state index is 9.44. The summed E-state index contributed by atoms with van der Waals surface area (Å²) in [7, 11) is 0. The molecule has 72 valence electrons. The van der Waals surface area contributed by atoms with Gasteiger partial charge in [0, 0.05) is 0 Å². The fourth-order valence-corrected chi connectivity index (χ4v) is 1.48. The lowest BCUT2D eigenvalue weighted by Crippen LogP contribution is -2.35. The molecule has 12 heavy (non-hydrogen) atoms. The first kappa shape index (κ1) is 9.92. The van der Waals surface area contributed by atoms with E-state index in [0.29, 0.717) is 0 Å². The molecule has 1 saturated heterocycles. The monoisotopic (exact) mass is 176 g/mol. The first-order valence-electron chi connectivity index (χ1n) is 4.20. The van der Waals surface area contributed by atoms with Crippen LogP contribution in [-0.4, -0.2) is 46.3 Å². The van der Waals surface area contributed by atoms with Crippen LogP contribution in [-0.2, 0) is 4.74 Å². The smallest absolute Gasteiger partial charge is 0.111 e. The minimum absolute atomic E-state index is 0.145. The van der Waals surface area contributed by atoms with Gasteiger partial charge in [-0.3, -0.25) is 0 Å². The fraction of sp³-hybridized carbons (Fsp3) is 1.00. The van der Waals surface area contributed by atoms with Crippen molar-refractivity contribution in [2.24, 2.45) is 5.92 Å². The van der Waals surface area contributed by atoms with Gasteiger partial charge in [0.05, 0.1) is 12.7 Å². The van der Waals surface area contributed by atoms with Gasteiger partial charge in [-0.2, -0.15) is 0 Å². The van der Waals surface area contributed by atoms with Crippen molar-refractivity contribution in [1.82, 2.24) is 0 Å². The Morgan fingerprint density at radius 2 is 1.83 bits per heavy atom. The topological polar surface area (TPSA) is 69.9 Å². The van der Waals surface area contributed by atoms with Crippen molar-refractivity contribution in [1.29, 1.82) is 0 Å². The van der Waals surface area contributed by atoms with Crippen LogP contribution in [0.25, 0.3) is 0 Å². The van der Waals surface area contributed by atoms with E-state index in [9.17, 15) is 10.2 Å². The van der Waals surface area contributed by atoms with Crippen LogP contribution in [0.2, 0.25) is 0 Å². The molecule has 4 nitrogen and oxygen atoms in total. The first-order chi connectivity index (χ1) is 5.57. The van der Waals surface area contributed by atoms with E-state index in [4.69, 9.17) is 9.84 Å². The molecular weight excluding hydrogens is 160 g/mol. The highest BCUT2D eigenvalue weighted by Crippen LogP contribution is 2.25. The molecule has 0 aliphatic carbocycles. The van der Waals surface area contributed by atoms with Gasteiger partial charge in [-0.15, -0.1) is 0 Å². The molecule has 4 heteroatoms. The van der Waals surface area contributed by atoms with Crippen LogP contribution in [0.3, 0.4) is 0 Å². The number of hydrogen-bond acceptors (Lipinski definition) is 4. The Bertz CT molecular complexity index is 148. The molecule has 1 aliphatic rings. The summed E-state index contributed by atoms with van der Waals surface area (Å²) in [6, 6.07) is 0.